The summed E-state index contributed by atoms with van der Waals surface area (Å²) in [5.41, 5.74) is 2.43. The van der Waals surface area contributed by atoms with Crippen LogP contribution < -0.4 is 10.6 Å². The number of ether oxygens (including phenoxy) is 2. The fourth-order valence-electron chi connectivity index (χ4n) is 1.87. The van der Waals surface area contributed by atoms with Gasteiger partial charge < -0.3 is 20.1 Å². The highest BCUT2D eigenvalue weighted by Gasteiger charge is 2.03. The van der Waals surface area contributed by atoms with Crippen molar-refractivity contribution in [1.82, 2.24) is 10.6 Å². The number of benzene rings is 1. The fraction of sp³-hybridized carbons (Fsp3) is 0.562. The average molecular weight is 421 g/mol. The van der Waals surface area contributed by atoms with Gasteiger partial charge in [0.2, 0.25) is 0 Å². The molecule has 0 saturated carbocycles. The molecule has 5 nitrogen and oxygen atoms in total. The summed E-state index contributed by atoms with van der Waals surface area (Å²) in [4.78, 5) is 4.20. The van der Waals surface area contributed by atoms with Crippen LogP contribution in [0.25, 0.3) is 0 Å². The van der Waals surface area contributed by atoms with Crippen LogP contribution in [0, 0.1) is 0 Å². The van der Waals surface area contributed by atoms with Crippen LogP contribution in [0.1, 0.15) is 25.0 Å². The molecule has 0 unspecified atom stereocenters. The molecule has 0 amide bonds. The highest BCUT2D eigenvalue weighted by atomic mass is 127. The first-order valence-corrected chi connectivity index (χ1v) is 7.48. The summed E-state index contributed by atoms with van der Waals surface area (Å²) in [6.07, 6.45) is 0. The van der Waals surface area contributed by atoms with Crippen LogP contribution in [-0.2, 0) is 22.6 Å². The molecule has 0 aliphatic carbocycles. The van der Waals surface area contributed by atoms with Crippen LogP contribution in [0.2, 0.25) is 0 Å². The number of hydrogen-bond acceptors (Lipinski definition) is 3. The number of nitrogens with one attached hydrogen (secondary N) is 2. The molecule has 0 spiro atoms. The fourth-order valence-corrected chi connectivity index (χ4v) is 1.87. The molecule has 0 radical (unpaired) electrons. The number of halogens is 1. The van der Waals surface area contributed by atoms with E-state index in [0.717, 1.165) is 32.3 Å². The molecular weight excluding hydrogens is 393 g/mol. The van der Waals surface area contributed by atoms with Crippen molar-refractivity contribution in [1.29, 1.82) is 0 Å². The Hall–Kier alpha value is -0.860. The van der Waals surface area contributed by atoms with Crippen LogP contribution in [0.5, 0.6) is 0 Å². The summed E-state index contributed by atoms with van der Waals surface area (Å²) < 4.78 is 10.8. The molecule has 6 heteroatoms. The van der Waals surface area contributed by atoms with Crippen molar-refractivity contribution in [2.24, 2.45) is 4.99 Å². The summed E-state index contributed by atoms with van der Waals surface area (Å²) in [7, 11) is 1.77. The van der Waals surface area contributed by atoms with E-state index in [1.807, 2.05) is 26.0 Å². The van der Waals surface area contributed by atoms with E-state index in [-0.39, 0.29) is 24.0 Å². The highest BCUT2D eigenvalue weighted by molar-refractivity contribution is 14.0. The predicted molar refractivity (Wildman–Crippen MR) is 102 cm³/mol. The summed E-state index contributed by atoms with van der Waals surface area (Å²) in [5, 5.41) is 6.53. The summed E-state index contributed by atoms with van der Waals surface area (Å²) >= 11 is 0. The molecule has 1 aromatic carbocycles. The monoisotopic (exact) mass is 421 g/mol. The van der Waals surface area contributed by atoms with Gasteiger partial charge in [0, 0.05) is 33.4 Å². The Balaban J connectivity index is 0.00000441. The second-order valence-electron chi connectivity index (χ2n) is 4.46. The Morgan fingerprint density at radius 1 is 1.05 bits per heavy atom. The molecule has 126 valence electrons. The zero-order chi connectivity index (χ0) is 15.3. The van der Waals surface area contributed by atoms with Crippen molar-refractivity contribution in [3.63, 3.8) is 0 Å². The predicted octanol–water partition coefficient (Wildman–Crippen LogP) is 2.54. The van der Waals surface area contributed by atoms with Crippen molar-refractivity contribution in [3.8, 4) is 0 Å². The van der Waals surface area contributed by atoms with E-state index in [2.05, 4.69) is 27.8 Å². The van der Waals surface area contributed by atoms with E-state index in [4.69, 9.17) is 9.47 Å². The topological polar surface area (TPSA) is 54.9 Å². The first-order valence-electron chi connectivity index (χ1n) is 7.48. The van der Waals surface area contributed by atoms with Gasteiger partial charge in [-0.2, -0.15) is 0 Å². The smallest absolute Gasteiger partial charge is 0.191 e. The van der Waals surface area contributed by atoms with Crippen molar-refractivity contribution in [2.75, 3.05) is 33.4 Å². The van der Waals surface area contributed by atoms with E-state index in [9.17, 15) is 0 Å². The molecule has 22 heavy (non-hydrogen) atoms. The third-order valence-electron chi connectivity index (χ3n) is 2.99. The second kappa shape index (κ2) is 13.8. The Labute approximate surface area is 150 Å². The van der Waals surface area contributed by atoms with Gasteiger partial charge in [0.1, 0.15) is 0 Å². The largest absolute Gasteiger partial charge is 0.380 e. The van der Waals surface area contributed by atoms with Gasteiger partial charge in [0.05, 0.1) is 13.2 Å². The zero-order valence-corrected chi connectivity index (χ0v) is 16.1. The minimum Gasteiger partial charge on any atom is -0.380 e. The van der Waals surface area contributed by atoms with Crippen molar-refractivity contribution in [3.05, 3.63) is 35.4 Å². The van der Waals surface area contributed by atoms with E-state index >= 15 is 0 Å². The highest BCUT2D eigenvalue weighted by Crippen LogP contribution is 2.09. The van der Waals surface area contributed by atoms with Gasteiger partial charge in [-0.25, -0.2) is 0 Å². The molecule has 0 aliphatic rings. The standard InChI is InChI=1S/C16H27N3O2.HI/c1-4-20-11-10-18-16(17-3)19-12-14-8-6-7-9-15(14)13-21-5-2;/h6-9H,4-5,10-13H2,1-3H3,(H2,17,18,19);1H. The number of aliphatic imine (C=N–C) groups is 1. The Bertz CT molecular complexity index is 428. The molecule has 0 aromatic heterocycles. The maximum absolute atomic E-state index is 5.49. The van der Waals surface area contributed by atoms with Gasteiger partial charge in [-0.1, -0.05) is 24.3 Å². The maximum Gasteiger partial charge on any atom is 0.191 e. The average Bonchev–Trinajstić information content (AvgIpc) is 2.53. The number of nitrogens with zero attached hydrogens (tertiary/aromatic N) is 1. The minimum atomic E-state index is 0. The quantitative estimate of drug-likeness (QED) is 0.279. The third-order valence-corrected chi connectivity index (χ3v) is 2.99. The van der Waals surface area contributed by atoms with Gasteiger partial charge >= 0.3 is 0 Å². The lowest BCUT2D eigenvalue weighted by atomic mass is 10.1. The third kappa shape index (κ3) is 8.55. The van der Waals surface area contributed by atoms with Gasteiger partial charge in [-0.05, 0) is 25.0 Å². The molecule has 1 aromatic rings. The van der Waals surface area contributed by atoms with Crippen LogP contribution in [0.15, 0.2) is 29.3 Å². The summed E-state index contributed by atoms with van der Waals surface area (Å²) in [5.74, 6) is 0.779. The molecule has 0 fully saturated rings. The maximum atomic E-state index is 5.49. The Kier molecular flexibility index (Phi) is 13.2. The zero-order valence-electron chi connectivity index (χ0n) is 13.7. The Morgan fingerprint density at radius 2 is 1.73 bits per heavy atom. The first kappa shape index (κ1) is 21.1. The first-order chi connectivity index (χ1) is 10.3. The Morgan fingerprint density at radius 3 is 2.36 bits per heavy atom. The van der Waals surface area contributed by atoms with Crippen LogP contribution in [0.4, 0.5) is 0 Å². The van der Waals surface area contributed by atoms with Crippen LogP contribution in [0.3, 0.4) is 0 Å². The number of rotatable bonds is 9. The lowest BCUT2D eigenvalue weighted by Crippen LogP contribution is -2.38. The molecule has 2 N–H and O–H groups in total. The lowest BCUT2D eigenvalue weighted by molar-refractivity contribution is 0.133. The number of guanidine groups is 1. The van der Waals surface area contributed by atoms with E-state index < -0.39 is 0 Å². The molecule has 0 bridgehead atoms. The summed E-state index contributed by atoms with van der Waals surface area (Å²) in [6, 6.07) is 8.28. The molecule has 0 aliphatic heterocycles. The lowest BCUT2D eigenvalue weighted by Gasteiger charge is -2.14. The van der Waals surface area contributed by atoms with Gasteiger partial charge in [-0.15, -0.1) is 24.0 Å². The molecular formula is C16H28IN3O2. The van der Waals surface area contributed by atoms with Gasteiger partial charge in [-0.3, -0.25) is 4.99 Å². The number of hydrogen-bond donors (Lipinski definition) is 2. The van der Waals surface area contributed by atoms with Crippen molar-refractivity contribution >= 4 is 29.9 Å². The molecule has 0 atom stereocenters. The van der Waals surface area contributed by atoms with E-state index in [0.29, 0.717) is 13.2 Å². The van der Waals surface area contributed by atoms with Crippen LogP contribution in [-0.4, -0.2) is 39.4 Å². The van der Waals surface area contributed by atoms with E-state index in [1.165, 1.54) is 11.1 Å². The normalized spacial score (nSPS) is 11.0. The van der Waals surface area contributed by atoms with E-state index in [1.54, 1.807) is 7.05 Å². The van der Waals surface area contributed by atoms with Crippen molar-refractivity contribution < 1.29 is 9.47 Å². The minimum absolute atomic E-state index is 0. The van der Waals surface area contributed by atoms with Crippen LogP contribution >= 0.6 is 24.0 Å². The second-order valence-corrected chi connectivity index (χ2v) is 4.46. The molecule has 0 saturated heterocycles. The van der Waals surface area contributed by atoms with Gasteiger partial charge in [0.15, 0.2) is 5.96 Å². The SMILES string of the molecule is CCOCCNC(=NC)NCc1ccccc1COCC.I. The molecule has 0 heterocycles. The summed E-state index contributed by atoms with van der Waals surface area (Å²) in [6.45, 7) is 8.24. The van der Waals surface area contributed by atoms with Crippen molar-refractivity contribution in [2.45, 2.75) is 27.0 Å². The molecule has 1 rings (SSSR count). The van der Waals surface area contributed by atoms with Gasteiger partial charge in [0.25, 0.3) is 0 Å².